The SMILES string of the molecule is CCCCCCCCCC(CCC)O[Si](CCC)(CCC)CCC. The van der Waals surface area contributed by atoms with Crippen molar-refractivity contribution in [3.63, 3.8) is 0 Å². The first-order valence-corrected chi connectivity index (χ1v) is 13.9. The Kier molecular flexibility index (Phi) is 16.8. The second-order valence-electron chi connectivity index (χ2n) is 7.87. The standard InChI is InChI=1S/C22H48OSi/c1-6-11-12-13-14-15-16-18-22(17-7-2)23-24(19-8-3,20-9-4)21-10-5/h22H,6-21H2,1-5H3. The fraction of sp³-hybridized carbons (Fsp3) is 1.00. The molecule has 146 valence electrons. The molecule has 0 fully saturated rings. The Morgan fingerprint density at radius 1 is 0.542 bits per heavy atom. The molecule has 0 aliphatic heterocycles. The van der Waals surface area contributed by atoms with Crippen LogP contribution in [-0.4, -0.2) is 14.4 Å². The molecule has 0 rings (SSSR count). The van der Waals surface area contributed by atoms with Gasteiger partial charge in [-0.15, -0.1) is 0 Å². The quantitative estimate of drug-likeness (QED) is 0.177. The van der Waals surface area contributed by atoms with Crippen LogP contribution in [0.25, 0.3) is 0 Å². The van der Waals surface area contributed by atoms with Crippen LogP contribution in [-0.2, 0) is 4.43 Å². The molecular weight excluding hydrogens is 308 g/mol. The minimum absolute atomic E-state index is 0.557. The number of hydrogen-bond acceptors (Lipinski definition) is 1. The summed E-state index contributed by atoms with van der Waals surface area (Å²) in [5, 5.41) is 0. The zero-order valence-electron chi connectivity index (χ0n) is 17.8. The van der Waals surface area contributed by atoms with E-state index in [1.807, 2.05) is 0 Å². The maximum Gasteiger partial charge on any atom is 0.193 e. The van der Waals surface area contributed by atoms with E-state index >= 15 is 0 Å². The summed E-state index contributed by atoms with van der Waals surface area (Å²) < 4.78 is 6.98. The smallest absolute Gasteiger partial charge is 0.193 e. The van der Waals surface area contributed by atoms with Crippen molar-refractivity contribution in [1.82, 2.24) is 0 Å². The number of rotatable bonds is 18. The van der Waals surface area contributed by atoms with Gasteiger partial charge in [-0.1, -0.05) is 105 Å². The molecule has 24 heavy (non-hydrogen) atoms. The third kappa shape index (κ3) is 11.7. The molecule has 0 N–H and O–H groups in total. The summed E-state index contributed by atoms with van der Waals surface area (Å²) in [7, 11) is -1.48. The second-order valence-corrected chi connectivity index (χ2v) is 12.0. The second kappa shape index (κ2) is 16.6. The van der Waals surface area contributed by atoms with Crippen molar-refractivity contribution < 1.29 is 4.43 Å². The van der Waals surface area contributed by atoms with Gasteiger partial charge in [0.05, 0.1) is 0 Å². The van der Waals surface area contributed by atoms with Gasteiger partial charge in [0, 0.05) is 6.10 Å². The van der Waals surface area contributed by atoms with Gasteiger partial charge >= 0.3 is 0 Å². The molecule has 1 atom stereocenters. The van der Waals surface area contributed by atoms with Crippen LogP contribution in [0, 0.1) is 0 Å². The van der Waals surface area contributed by atoms with Crippen molar-refractivity contribution in [2.75, 3.05) is 0 Å². The molecule has 0 aliphatic carbocycles. The Balaban J connectivity index is 4.37. The zero-order chi connectivity index (χ0) is 18.1. The number of unbranched alkanes of at least 4 members (excludes halogenated alkanes) is 6. The minimum atomic E-state index is -1.48. The fourth-order valence-corrected chi connectivity index (χ4v) is 8.97. The molecular formula is C22H48OSi. The summed E-state index contributed by atoms with van der Waals surface area (Å²) in [6.07, 6.45) is 18.2. The van der Waals surface area contributed by atoms with Gasteiger partial charge in [-0.2, -0.15) is 0 Å². The summed E-state index contributed by atoms with van der Waals surface area (Å²) in [5.74, 6) is 0. The minimum Gasteiger partial charge on any atom is -0.414 e. The predicted molar refractivity (Wildman–Crippen MR) is 113 cm³/mol. The van der Waals surface area contributed by atoms with Crippen LogP contribution in [0.3, 0.4) is 0 Å². The molecule has 0 saturated carbocycles. The van der Waals surface area contributed by atoms with Gasteiger partial charge in [0.15, 0.2) is 8.32 Å². The molecule has 0 aliphatic rings. The van der Waals surface area contributed by atoms with E-state index in [0.29, 0.717) is 6.10 Å². The topological polar surface area (TPSA) is 9.23 Å². The summed E-state index contributed by atoms with van der Waals surface area (Å²) in [6, 6.07) is 4.14. The van der Waals surface area contributed by atoms with Gasteiger partial charge in [0.25, 0.3) is 0 Å². The lowest BCUT2D eigenvalue weighted by Crippen LogP contribution is -2.41. The maximum absolute atomic E-state index is 6.98. The monoisotopic (exact) mass is 356 g/mol. The third-order valence-electron chi connectivity index (χ3n) is 5.27. The lowest BCUT2D eigenvalue weighted by atomic mass is 10.0. The molecule has 1 unspecified atom stereocenters. The lowest BCUT2D eigenvalue weighted by molar-refractivity contribution is 0.159. The Hall–Kier alpha value is 0.177. The summed E-state index contributed by atoms with van der Waals surface area (Å²) >= 11 is 0. The van der Waals surface area contributed by atoms with E-state index in [-0.39, 0.29) is 0 Å². The first-order valence-electron chi connectivity index (χ1n) is 11.4. The van der Waals surface area contributed by atoms with Gasteiger partial charge in [-0.05, 0) is 31.0 Å². The van der Waals surface area contributed by atoms with Crippen molar-refractivity contribution in [3.8, 4) is 0 Å². The van der Waals surface area contributed by atoms with Gasteiger partial charge in [0.2, 0.25) is 0 Å². The van der Waals surface area contributed by atoms with Crippen LogP contribution >= 0.6 is 0 Å². The van der Waals surface area contributed by atoms with Crippen molar-refractivity contribution >= 4 is 8.32 Å². The normalized spacial score (nSPS) is 13.4. The largest absolute Gasteiger partial charge is 0.414 e. The lowest BCUT2D eigenvalue weighted by Gasteiger charge is -2.35. The van der Waals surface area contributed by atoms with Crippen LogP contribution in [0.2, 0.25) is 18.1 Å². The van der Waals surface area contributed by atoms with Gasteiger partial charge in [0.1, 0.15) is 0 Å². The van der Waals surface area contributed by atoms with E-state index in [1.165, 1.54) is 102 Å². The molecule has 0 amide bonds. The Labute approximate surface area is 155 Å². The van der Waals surface area contributed by atoms with Crippen LogP contribution < -0.4 is 0 Å². The van der Waals surface area contributed by atoms with E-state index in [4.69, 9.17) is 4.43 Å². The molecule has 0 radical (unpaired) electrons. The van der Waals surface area contributed by atoms with Crippen molar-refractivity contribution in [2.45, 2.75) is 142 Å². The van der Waals surface area contributed by atoms with Crippen LogP contribution in [0.1, 0.15) is 118 Å². The van der Waals surface area contributed by atoms with Crippen molar-refractivity contribution in [3.05, 3.63) is 0 Å². The Bertz CT molecular complexity index is 237. The van der Waals surface area contributed by atoms with E-state index in [0.717, 1.165) is 0 Å². The Morgan fingerprint density at radius 3 is 1.50 bits per heavy atom. The van der Waals surface area contributed by atoms with Crippen LogP contribution in [0.15, 0.2) is 0 Å². The highest BCUT2D eigenvalue weighted by Gasteiger charge is 2.34. The van der Waals surface area contributed by atoms with Crippen LogP contribution in [0.5, 0.6) is 0 Å². The van der Waals surface area contributed by atoms with E-state index < -0.39 is 8.32 Å². The molecule has 0 spiro atoms. The summed E-state index contributed by atoms with van der Waals surface area (Å²) in [5.41, 5.74) is 0. The molecule has 0 aromatic rings. The molecule has 0 aromatic carbocycles. The van der Waals surface area contributed by atoms with E-state index in [1.54, 1.807) is 0 Å². The highest BCUT2D eigenvalue weighted by atomic mass is 28.4. The first-order chi connectivity index (χ1) is 11.7. The Morgan fingerprint density at radius 2 is 1.04 bits per heavy atom. The zero-order valence-corrected chi connectivity index (χ0v) is 18.8. The van der Waals surface area contributed by atoms with Crippen molar-refractivity contribution in [1.29, 1.82) is 0 Å². The summed E-state index contributed by atoms with van der Waals surface area (Å²) in [6.45, 7) is 11.7. The predicted octanol–water partition coefficient (Wildman–Crippen LogP) is 8.49. The molecule has 2 heteroatoms. The molecule has 1 nitrogen and oxygen atoms in total. The first kappa shape index (κ1) is 24.2. The van der Waals surface area contributed by atoms with E-state index in [9.17, 15) is 0 Å². The maximum atomic E-state index is 6.98. The average Bonchev–Trinajstić information content (AvgIpc) is 2.55. The highest BCUT2D eigenvalue weighted by molar-refractivity contribution is 6.73. The van der Waals surface area contributed by atoms with E-state index in [2.05, 4.69) is 34.6 Å². The van der Waals surface area contributed by atoms with Crippen molar-refractivity contribution in [2.24, 2.45) is 0 Å². The summed E-state index contributed by atoms with van der Waals surface area (Å²) in [4.78, 5) is 0. The fourth-order valence-electron chi connectivity index (χ4n) is 4.19. The third-order valence-corrected chi connectivity index (χ3v) is 10.3. The van der Waals surface area contributed by atoms with Crippen LogP contribution in [0.4, 0.5) is 0 Å². The molecule has 0 heterocycles. The van der Waals surface area contributed by atoms with Gasteiger partial charge in [-0.3, -0.25) is 0 Å². The molecule has 0 aromatic heterocycles. The van der Waals surface area contributed by atoms with Gasteiger partial charge in [-0.25, -0.2) is 0 Å². The highest BCUT2D eigenvalue weighted by Crippen LogP contribution is 2.31. The molecule has 0 saturated heterocycles. The average molecular weight is 357 g/mol. The van der Waals surface area contributed by atoms with Gasteiger partial charge < -0.3 is 4.43 Å². The number of hydrogen-bond donors (Lipinski definition) is 0. The molecule has 0 bridgehead atoms.